The molecule has 126 valence electrons. The maximum absolute atomic E-state index is 11.6. The molecule has 3 aromatic rings. The number of anilines is 2. The molecule has 0 aliphatic heterocycles. The molecule has 0 amide bonds. The van der Waals surface area contributed by atoms with Crippen LogP contribution in [-0.2, 0) is 0 Å². The van der Waals surface area contributed by atoms with Gasteiger partial charge in [0.25, 0.3) is 0 Å². The highest BCUT2D eigenvalue weighted by atomic mass is 32.2. The minimum atomic E-state index is -0.450. The maximum atomic E-state index is 11.6. The number of hydrogen-bond acceptors (Lipinski definition) is 6. The van der Waals surface area contributed by atoms with E-state index in [1.807, 2.05) is 62.4 Å². The molecular weight excluding hydrogens is 336 g/mol. The van der Waals surface area contributed by atoms with E-state index in [2.05, 4.69) is 15.3 Å². The van der Waals surface area contributed by atoms with Crippen LogP contribution in [-0.4, -0.2) is 14.9 Å². The Morgan fingerprint density at radius 2 is 1.80 bits per heavy atom. The highest BCUT2D eigenvalue weighted by Gasteiger charge is 2.24. The minimum absolute atomic E-state index is 0.130. The average Bonchev–Trinajstić information content (AvgIpc) is 2.59. The lowest BCUT2D eigenvalue weighted by atomic mass is 10.1. The summed E-state index contributed by atoms with van der Waals surface area (Å²) in [5.41, 5.74) is 2.87. The monoisotopic (exact) mass is 352 g/mol. The first kappa shape index (κ1) is 16.9. The topological polar surface area (TPSA) is 81.0 Å². The van der Waals surface area contributed by atoms with Gasteiger partial charge in [-0.25, -0.2) is 9.97 Å². The SMILES string of the molecule is Cc1ccc(Nc2ncnc(Sc3ccccc3)c2[N+](=O)[O-])cc1C. The lowest BCUT2D eigenvalue weighted by Crippen LogP contribution is -2.03. The quantitative estimate of drug-likeness (QED) is 0.400. The molecule has 0 aliphatic rings. The molecule has 0 bridgehead atoms. The van der Waals surface area contributed by atoms with Crippen LogP contribution < -0.4 is 5.32 Å². The molecule has 1 heterocycles. The Morgan fingerprint density at radius 1 is 1.04 bits per heavy atom. The fourth-order valence-electron chi connectivity index (χ4n) is 2.25. The summed E-state index contributed by atoms with van der Waals surface area (Å²) in [6, 6.07) is 15.2. The van der Waals surface area contributed by atoms with Crippen LogP contribution in [0.5, 0.6) is 0 Å². The number of benzene rings is 2. The van der Waals surface area contributed by atoms with Gasteiger partial charge in [-0.05, 0) is 49.2 Å². The fourth-order valence-corrected chi connectivity index (χ4v) is 3.13. The number of nitrogens with one attached hydrogen (secondary N) is 1. The van der Waals surface area contributed by atoms with Crippen molar-refractivity contribution in [2.75, 3.05) is 5.32 Å². The van der Waals surface area contributed by atoms with Crippen LogP contribution >= 0.6 is 11.8 Å². The number of aryl methyl sites for hydroxylation is 2. The summed E-state index contributed by atoms with van der Waals surface area (Å²) in [4.78, 5) is 20.2. The fraction of sp³-hybridized carbons (Fsp3) is 0.111. The van der Waals surface area contributed by atoms with E-state index >= 15 is 0 Å². The summed E-state index contributed by atoms with van der Waals surface area (Å²) in [7, 11) is 0. The van der Waals surface area contributed by atoms with E-state index in [9.17, 15) is 10.1 Å². The van der Waals surface area contributed by atoms with Crippen molar-refractivity contribution in [3.05, 3.63) is 76.1 Å². The molecule has 0 saturated heterocycles. The summed E-state index contributed by atoms with van der Waals surface area (Å²) in [6.45, 7) is 4.01. The zero-order valence-electron chi connectivity index (χ0n) is 13.8. The zero-order chi connectivity index (χ0) is 17.8. The Hall–Kier alpha value is -2.93. The second kappa shape index (κ2) is 7.31. The molecule has 25 heavy (non-hydrogen) atoms. The van der Waals surface area contributed by atoms with E-state index in [1.54, 1.807) is 0 Å². The van der Waals surface area contributed by atoms with Crippen molar-refractivity contribution >= 4 is 29.0 Å². The molecule has 0 unspecified atom stereocenters. The van der Waals surface area contributed by atoms with Crippen molar-refractivity contribution in [3.63, 3.8) is 0 Å². The van der Waals surface area contributed by atoms with E-state index in [0.29, 0.717) is 5.03 Å². The summed E-state index contributed by atoms with van der Waals surface area (Å²) in [5.74, 6) is 0.182. The van der Waals surface area contributed by atoms with Crippen LogP contribution in [0.2, 0.25) is 0 Å². The number of aromatic nitrogens is 2. The first-order valence-electron chi connectivity index (χ1n) is 7.61. The van der Waals surface area contributed by atoms with Crippen LogP contribution in [0.3, 0.4) is 0 Å². The number of nitrogens with zero attached hydrogens (tertiary/aromatic N) is 3. The van der Waals surface area contributed by atoms with Gasteiger partial charge in [0, 0.05) is 10.6 Å². The van der Waals surface area contributed by atoms with Gasteiger partial charge in [0.05, 0.1) is 4.92 Å². The van der Waals surface area contributed by atoms with Crippen molar-refractivity contribution < 1.29 is 4.92 Å². The molecule has 1 aromatic heterocycles. The molecule has 2 aromatic carbocycles. The van der Waals surface area contributed by atoms with Crippen molar-refractivity contribution in [2.24, 2.45) is 0 Å². The van der Waals surface area contributed by atoms with Gasteiger partial charge in [-0.2, -0.15) is 0 Å². The molecule has 0 aliphatic carbocycles. The Bertz CT molecular complexity index is 916. The van der Waals surface area contributed by atoms with Crippen LogP contribution in [0.1, 0.15) is 11.1 Å². The second-order valence-corrected chi connectivity index (χ2v) is 6.53. The second-order valence-electron chi connectivity index (χ2n) is 5.47. The normalized spacial score (nSPS) is 10.5. The molecule has 6 nitrogen and oxygen atoms in total. The van der Waals surface area contributed by atoms with Gasteiger partial charge in [-0.15, -0.1) is 0 Å². The largest absolute Gasteiger partial charge is 0.343 e. The zero-order valence-corrected chi connectivity index (χ0v) is 14.6. The third-order valence-electron chi connectivity index (χ3n) is 3.70. The van der Waals surface area contributed by atoms with Crippen molar-refractivity contribution in [3.8, 4) is 0 Å². The molecule has 7 heteroatoms. The van der Waals surface area contributed by atoms with Crippen LogP contribution in [0.4, 0.5) is 17.2 Å². The molecule has 0 fully saturated rings. The standard InChI is InChI=1S/C18H16N4O2S/c1-12-8-9-14(10-13(12)2)21-17-16(22(23)24)18(20-11-19-17)25-15-6-4-3-5-7-15/h3-11H,1-2H3,(H,19,20,21). The Kier molecular flexibility index (Phi) is 4.95. The van der Waals surface area contributed by atoms with Gasteiger partial charge < -0.3 is 5.32 Å². The predicted octanol–water partition coefficient (Wildman–Crippen LogP) is 4.90. The van der Waals surface area contributed by atoms with Crippen molar-refractivity contribution in [1.82, 2.24) is 9.97 Å². The first-order valence-corrected chi connectivity index (χ1v) is 8.43. The third kappa shape index (κ3) is 3.95. The first-order chi connectivity index (χ1) is 12.0. The van der Waals surface area contributed by atoms with Gasteiger partial charge in [0.1, 0.15) is 6.33 Å². The summed E-state index contributed by atoms with van der Waals surface area (Å²) < 4.78 is 0. The smallest absolute Gasteiger partial charge is 0.334 e. The molecule has 1 N–H and O–H groups in total. The van der Waals surface area contributed by atoms with Gasteiger partial charge in [-0.1, -0.05) is 36.0 Å². The van der Waals surface area contributed by atoms with Gasteiger partial charge in [0.2, 0.25) is 5.82 Å². The van der Waals surface area contributed by atoms with Gasteiger partial charge >= 0.3 is 5.69 Å². The number of hydrogen-bond donors (Lipinski definition) is 1. The highest BCUT2D eigenvalue weighted by molar-refractivity contribution is 7.99. The summed E-state index contributed by atoms with van der Waals surface area (Å²) in [6.07, 6.45) is 1.33. The van der Waals surface area contributed by atoms with Crippen LogP contribution in [0.15, 0.2) is 64.8 Å². The lowest BCUT2D eigenvalue weighted by molar-refractivity contribution is -0.387. The van der Waals surface area contributed by atoms with Gasteiger partial charge in [0.15, 0.2) is 5.03 Å². The minimum Gasteiger partial charge on any atom is -0.334 e. The molecule has 0 spiro atoms. The molecule has 3 rings (SSSR count). The van der Waals surface area contributed by atoms with E-state index < -0.39 is 4.92 Å². The predicted molar refractivity (Wildman–Crippen MR) is 98.5 cm³/mol. The van der Waals surface area contributed by atoms with Crippen molar-refractivity contribution in [2.45, 2.75) is 23.8 Å². The maximum Gasteiger partial charge on any atom is 0.343 e. The third-order valence-corrected chi connectivity index (χ3v) is 4.70. The van der Waals surface area contributed by atoms with Crippen LogP contribution in [0.25, 0.3) is 0 Å². The number of nitro groups is 1. The van der Waals surface area contributed by atoms with Crippen molar-refractivity contribution in [1.29, 1.82) is 0 Å². The molecule has 0 atom stereocenters. The van der Waals surface area contributed by atoms with E-state index in [-0.39, 0.29) is 11.5 Å². The van der Waals surface area contributed by atoms with Crippen LogP contribution in [0, 0.1) is 24.0 Å². The van der Waals surface area contributed by atoms with Gasteiger partial charge in [-0.3, -0.25) is 10.1 Å². The summed E-state index contributed by atoms with van der Waals surface area (Å²) in [5, 5.41) is 15.0. The summed E-state index contributed by atoms with van der Waals surface area (Å²) >= 11 is 1.24. The molecule has 0 radical (unpaired) electrons. The molecule has 0 saturated carbocycles. The van der Waals surface area contributed by atoms with E-state index in [0.717, 1.165) is 21.7 Å². The Labute approximate surface area is 149 Å². The Balaban J connectivity index is 1.97. The highest BCUT2D eigenvalue weighted by Crippen LogP contribution is 2.37. The van der Waals surface area contributed by atoms with E-state index in [1.165, 1.54) is 18.1 Å². The lowest BCUT2D eigenvalue weighted by Gasteiger charge is -2.10. The Morgan fingerprint density at radius 3 is 2.48 bits per heavy atom. The number of rotatable bonds is 5. The molecular formula is C18H16N4O2S. The average molecular weight is 352 g/mol. The van der Waals surface area contributed by atoms with E-state index in [4.69, 9.17) is 0 Å².